The summed E-state index contributed by atoms with van der Waals surface area (Å²) in [6.45, 7) is 6.54. The van der Waals surface area contributed by atoms with Crippen LogP contribution in [0.1, 0.15) is 98.7 Å². The van der Waals surface area contributed by atoms with Gasteiger partial charge in [-0.1, -0.05) is 75.7 Å². The minimum atomic E-state index is -4.30. The Morgan fingerprint density at radius 3 is 2.14 bits per heavy atom. The maximum Gasteiger partial charge on any atom is 0.389 e. The first-order chi connectivity index (χ1) is 17.4. The van der Waals surface area contributed by atoms with Crippen molar-refractivity contribution in [3.63, 3.8) is 0 Å². The summed E-state index contributed by atoms with van der Waals surface area (Å²) in [7, 11) is 0. The van der Waals surface area contributed by atoms with Crippen molar-refractivity contribution in [1.29, 1.82) is 0 Å². The zero-order valence-electron chi connectivity index (χ0n) is 21.8. The quantitative estimate of drug-likeness (QED) is 0.368. The summed E-state index contributed by atoms with van der Waals surface area (Å²) in [6, 6.07) is 14.5. The number of benzene rings is 2. The molecule has 4 nitrogen and oxygen atoms in total. The number of aliphatic imine (C=N–C) groups is 1. The summed E-state index contributed by atoms with van der Waals surface area (Å²) in [5, 5.41) is 0. The van der Waals surface area contributed by atoms with Gasteiger partial charge in [0.05, 0.1) is 0 Å². The van der Waals surface area contributed by atoms with Crippen molar-refractivity contribution in [3.8, 4) is 0 Å². The number of halogens is 3. The molecule has 37 heavy (non-hydrogen) atoms. The predicted octanol–water partition coefficient (Wildman–Crippen LogP) is 7.21. The van der Waals surface area contributed by atoms with Crippen LogP contribution >= 0.6 is 0 Å². The molecular formula is C30H35F3N2O2. The van der Waals surface area contributed by atoms with E-state index < -0.39 is 24.2 Å². The molecule has 1 amide bonds. The second-order valence-corrected chi connectivity index (χ2v) is 11.4. The van der Waals surface area contributed by atoms with Gasteiger partial charge in [-0.2, -0.15) is 13.2 Å². The second-order valence-electron chi connectivity index (χ2n) is 11.4. The lowest BCUT2D eigenvalue weighted by molar-refractivity contribution is -0.137. The van der Waals surface area contributed by atoms with Crippen LogP contribution < -0.4 is 0 Å². The molecule has 0 bridgehead atoms. The van der Waals surface area contributed by atoms with E-state index in [1.165, 1.54) is 0 Å². The summed E-state index contributed by atoms with van der Waals surface area (Å²) < 4.78 is 39.7. The Labute approximate surface area is 217 Å². The highest BCUT2D eigenvalue weighted by molar-refractivity contribution is 6.46. The van der Waals surface area contributed by atoms with Crippen LogP contribution in [0.15, 0.2) is 53.5 Å². The monoisotopic (exact) mass is 512 g/mol. The molecule has 4 rings (SSSR count). The van der Waals surface area contributed by atoms with Crippen LogP contribution in [0.3, 0.4) is 0 Å². The average Bonchev–Trinajstić information content (AvgIpc) is 3.11. The van der Waals surface area contributed by atoms with E-state index in [-0.39, 0.29) is 24.3 Å². The summed E-state index contributed by atoms with van der Waals surface area (Å²) in [5.74, 6) is -0.741. The lowest BCUT2D eigenvalue weighted by Crippen LogP contribution is -2.49. The number of aldehydes is 1. The van der Waals surface area contributed by atoms with Gasteiger partial charge >= 0.3 is 6.18 Å². The van der Waals surface area contributed by atoms with Gasteiger partial charge in [-0.05, 0) is 48.6 Å². The highest BCUT2D eigenvalue weighted by atomic mass is 19.4. The standard InChI is InChI=1S/C30H35F3N2O2/c1-28(2,3)25-13-11-23(12-14-25)26-27(37)35(29(34-26)16-5-4-6-17-29)19-24(15-18-30(31,32)33)22-9-7-21(20-36)8-10-22/h7-14,20,24H,4-6,15-19H2,1-3H3. The molecular weight excluding hydrogens is 477 g/mol. The maximum absolute atomic E-state index is 13.9. The fourth-order valence-electron chi connectivity index (χ4n) is 5.47. The van der Waals surface area contributed by atoms with Gasteiger partial charge in [0.2, 0.25) is 0 Å². The van der Waals surface area contributed by atoms with Crippen LogP contribution in [0, 0.1) is 0 Å². The van der Waals surface area contributed by atoms with Crippen LogP contribution in [0.2, 0.25) is 0 Å². The summed E-state index contributed by atoms with van der Waals surface area (Å²) in [5.41, 5.74) is 2.70. The molecule has 198 valence electrons. The van der Waals surface area contributed by atoms with E-state index in [4.69, 9.17) is 4.99 Å². The molecule has 7 heteroatoms. The molecule has 1 spiro atoms. The van der Waals surface area contributed by atoms with Gasteiger partial charge in [0.15, 0.2) is 0 Å². The Balaban J connectivity index is 1.67. The number of nitrogens with zero attached hydrogens (tertiary/aromatic N) is 2. The van der Waals surface area contributed by atoms with Crippen LogP contribution in [0.25, 0.3) is 0 Å². The molecule has 0 aromatic heterocycles. The van der Waals surface area contributed by atoms with Crippen molar-refractivity contribution >= 4 is 17.9 Å². The molecule has 1 saturated carbocycles. The fourth-order valence-corrected chi connectivity index (χ4v) is 5.47. The van der Waals surface area contributed by atoms with Crippen molar-refractivity contribution in [2.75, 3.05) is 6.54 Å². The number of hydrogen-bond donors (Lipinski definition) is 0. The number of alkyl halides is 3. The third-order valence-corrected chi connectivity index (χ3v) is 7.67. The lowest BCUT2D eigenvalue weighted by atomic mass is 9.86. The topological polar surface area (TPSA) is 49.7 Å². The van der Waals surface area contributed by atoms with E-state index in [2.05, 4.69) is 20.8 Å². The van der Waals surface area contributed by atoms with Gasteiger partial charge in [-0.3, -0.25) is 14.6 Å². The van der Waals surface area contributed by atoms with Crippen LogP contribution in [0.4, 0.5) is 13.2 Å². The number of carbonyl (C=O) groups excluding carboxylic acids is 2. The zero-order chi connectivity index (χ0) is 26.8. The van der Waals surface area contributed by atoms with Gasteiger partial charge in [0.25, 0.3) is 5.91 Å². The summed E-state index contributed by atoms with van der Waals surface area (Å²) in [4.78, 5) is 31.7. The normalized spacial score (nSPS) is 18.7. The molecule has 1 atom stereocenters. The van der Waals surface area contributed by atoms with Gasteiger partial charge < -0.3 is 4.90 Å². The Morgan fingerprint density at radius 2 is 1.59 bits per heavy atom. The Kier molecular flexibility index (Phi) is 7.63. The number of hydrogen-bond acceptors (Lipinski definition) is 3. The molecule has 0 saturated heterocycles. The lowest BCUT2D eigenvalue weighted by Gasteiger charge is -2.41. The predicted molar refractivity (Wildman–Crippen MR) is 139 cm³/mol. The number of amides is 1. The van der Waals surface area contributed by atoms with Crippen molar-refractivity contribution in [2.45, 2.75) is 88.9 Å². The first-order valence-electron chi connectivity index (χ1n) is 13.1. The minimum absolute atomic E-state index is 0.0260. The van der Waals surface area contributed by atoms with Gasteiger partial charge in [0.1, 0.15) is 17.7 Å². The third-order valence-electron chi connectivity index (χ3n) is 7.67. The zero-order valence-corrected chi connectivity index (χ0v) is 21.8. The van der Waals surface area contributed by atoms with Crippen LogP contribution in [-0.4, -0.2) is 41.2 Å². The Bertz CT molecular complexity index is 1140. The Morgan fingerprint density at radius 1 is 0.973 bits per heavy atom. The number of rotatable bonds is 7. The Hall–Kier alpha value is -2.96. The van der Waals surface area contributed by atoms with Gasteiger partial charge in [0, 0.05) is 30.0 Å². The SMILES string of the molecule is CC(C)(C)c1ccc(C2=NC3(CCCCC3)N(CC(CCC(F)(F)F)c3ccc(C=O)cc3)C2=O)cc1. The van der Waals surface area contributed by atoms with Crippen LogP contribution in [0.5, 0.6) is 0 Å². The van der Waals surface area contributed by atoms with Gasteiger partial charge in [-0.15, -0.1) is 0 Å². The first-order valence-corrected chi connectivity index (χ1v) is 13.1. The molecule has 1 aliphatic carbocycles. The van der Waals surface area contributed by atoms with E-state index in [1.807, 2.05) is 24.3 Å². The maximum atomic E-state index is 13.9. The molecule has 2 aromatic rings. The smallest absolute Gasteiger partial charge is 0.312 e. The van der Waals surface area contributed by atoms with E-state index in [0.29, 0.717) is 36.0 Å². The highest BCUT2D eigenvalue weighted by Crippen LogP contribution is 2.42. The summed E-state index contributed by atoms with van der Waals surface area (Å²) in [6.07, 6.45) is -0.356. The number of carbonyl (C=O) groups is 2. The molecule has 0 radical (unpaired) electrons. The summed E-state index contributed by atoms with van der Waals surface area (Å²) >= 11 is 0. The third kappa shape index (κ3) is 6.13. The molecule has 1 unspecified atom stereocenters. The first kappa shape index (κ1) is 27.1. The van der Waals surface area contributed by atoms with Crippen molar-refractivity contribution < 1.29 is 22.8 Å². The molecule has 1 heterocycles. The molecule has 2 aliphatic rings. The fraction of sp³-hybridized carbons (Fsp3) is 0.500. The highest BCUT2D eigenvalue weighted by Gasteiger charge is 2.48. The van der Waals surface area contributed by atoms with Crippen molar-refractivity contribution in [2.24, 2.45) is 4.99 Å². The molecule has 2 aromatic carbocycles. The average molecular weight is 513 g/mol. The molecule has 1 aliphatic heterocycles. The van der Waals surface area contributed by atoms with E-state index >= 15 is 0 Å². The molecule has 0 N–H and O–H groups in total. The van der Waals surface area contributed by atoms with Crippen molar-refractivity contribution in [3.05, 3.63) is 70.8 Å². The largest absolute Gasteiger partial charge is 0.389 e. The van der Waals surface area contributed by atoms with Gasteiger partial charge in [-0.25, -0.2) is 0 Å². The van der Waals surface area contributed by atoms with E-state index in [0.717, 1.165) is 30.4 Å². The van der Waals surface area contributed by atoms with E-state index in [1.54, 1.807) is 29.2 Å². The van der Waals surface area contributed by atoms with Crippen LogP contribution in [-0.2, 0) is 10.2 Å². The van der Waals surface area contributed by atoms with Crippen molar-refractivity contribution in [1.82, 2.24) is 4.90 Å². The second kappa shape index (κ2) is 10.4. The van der Waals surface area contributed by atoms with E-state index in [9.17, 15) is 22.8 Å². The molecule has 1 fully saturated rings. The minimum Gasteiger partial charge on any atom is -0.312 e.